The molecule has 0 saturated heterocycles. The number of aromatic nitrogens is 1. The standard InChI is InChI=1S/C33H44FN3O2/c1-8-11-12-13-31(39-7)26(6)25(5)22-35-32-15-14-27(23-36-32)28-19-29(21-30(34)20-28)33(38)37(17-9-2)18-16-24(4)10-3/h11-15,19-24H,6,8-10,16-18H2,1-5,7H3,(H,35,36)/b12-11-,25-22+,31-13+. The fourth-order valence-electron chi connectivity index (χ4n) is 3.92. The summed E-state index contributed by atoms with van der Waals surface area (Å²) in [5.74, 6) is 1.28. The van der Waals surface area contributed by atoms with E-state index < -0.39 is 5.82 Å². The number of allylic oxidation sites excluding steroid dienone is 4. The number of amides is 1. The van der Waals surface area contributed by atoms with Crippen molar-refractivity contribution in [3.05, 3.63) is 95.8 Å². The molecule has 1 unspecified atom stereocenters. The average Bonchev–Trinajstić information content (AvgIpc) is 2.95. The lowest BCUT2D eigenvalue weighted by molar-refractivity contribution is 0.0746. The summed E-state index contributed by atoms with van der Waals surface area (Å²) < 4.78 is 20.1. The Morgan fingerprint density at radius 1 is 1.18 bits per heavy atom. The summed E-state index contributed by atoms with van der Waals surface area (Å²) in [5.41, 5.74) is 3.37. The number of benzene rings is 1. The van der Waals surface area contributed by atoms with E-state index in [1.54, 1.807) is 19.4 Å². The van der Waals surface area contributed by atoms with Crippen LogP contribution in [0.1, 0.15) is 70.7 Å². The number of nitrogens with one attached hydrogen (secondary N) is 1. The molecule has 39 heavy (non-hydrogen) atoms. The van der Waals surface area contributed by atoms with Gasteiger partial charge >= 0.3 is 0 Å². The van der Waals surface area contributed by atoms with E-state index >= 15 is 0 Å². The van der Waals surface area contributed by atoms with Crippen LogP contribution in [0.2, 0.25) is 0 Å². The SMILES string of the molecule is C=C(/C(C)=C/Nc1ccc(-c2cc(F)cc(C(=O)N(CCC)CCC(C)CC)c2)cn1)/C(=C\C=C/CC)OC. The minimum absolute atomic E-state index is 0.136. The maximum atomic E-state index is 14.6. The van der Waals surface area contributed by atoms with Gasteiger partial charge in [0.15, 0.2) is 0 Å². The first kappa shape index (κ1) is 31.5. The van der Waals surface area contributed by atoms with Gasteiger partial charge in [-0.25, -0.2) is 9.37 Å². The third-order valence-electron chi connectivity index (χ3n) is 6.66. The summed E-state index contributed by atoms with van der Waals surface area (Å²) in [6, 6.07) is 8.19. The van der Waals surface area contributed by atoms with E-state index in [9.17, 15) is 9.18 Å². The fraction of sp³-hybridized carbons (Fsp3) is 0.394. The number of nitrogens with zero attached hydrogens (tertiary/aromatic N) is 2. The van der Waals surface area contributed by atoms with E-state index in [-0.39, 0.29) is 5.91 Å². The van der Waals surface area contributed by atoms with Gasteiger partial charge in [-0.2, -0.15) is 0 Å². The molecule has 0 aliphatic heterocycles. The molecule has 2 aromatic rings. The van der Waals surface area contributed by atoms with Crippen LogP contribution in [0.15, 0.2) is 84.4 Å². The molecule has 1 amide bonds. The molecular weight excluding hydrogens is 489 g/mol. The van der Waals surface area contributed by atoms with Crippen molar-refractivity contribution < 1.29 is 13.9 Å². The van der Waals surface area contributed by atoms with E-state index in [0.29, 0.717) is 41.7 Å². The van der Waals surface area contributed by atoms with Crippen molar-refractivity contribution in [1.29, 1.82) is 0 Å². The number of ether oxygens (including phenoxy) is 1. The van der Waals surface area contributed by atoms with Gasteiger partial charge in [-0.05, 0) is 79.6 Å². The number of hydrogen-bond donors (Lipinski definition) is 1. The maximum absolute atomic E-state index is 14.6. The highest BCUT2D eigenvalue weighted by molar-refractivity contribution is 5.95. The van der Waals surface area contributed by atoms with Crippen LogP contribution in [0.3, 0.4) is 0 Å². The summed E-state index contributed by atoms with van der Waals surface area (Å²) in [5, 5.41) is 3.18. The molecule has 0 saturated carbocycles. The Bertz CT molecular complexity index is 1180. The van der Waals surface area contributed by atoms with E-state index in [2.05, 4.69) is 37.7 Å². The molecule has 1 heterocycles. The first-order valence-electron chi connectivity index (χ1n) is 13.8. The summed E-state index contributed by atoms with van der Waals surface area (Å²) in [6.07, 6.45) is 13.2. The Hall–Kier alpha value is -3.67. The number of carbonyl (C=O) groups excluding carboxylic acids is 1. The highest BCUT2D eigenvalue weighted by Gasteiger charge is 2.18. The molecule has 0 bridgehead atoms. The summed E-state index contributed by atoms with van der Waals surface area (Å²) in [4.78, 5) is 19.6. The van der Waals surface area contributed by atoms with Crippen LogP contribution in [-0.4, -0.2) is 36.0 Å². The number of rotatable bonds is 15. The largest absolute Gasteiger partial charge is 0.496 e. The van der Waals surface area contributed by atoms with Crippen molar-refractivity contribution in [3.8, 4) is 11.1 Å². The van der Waals surface area contributed by atoms with E-state index in [4.69, 9.17) is 4.74 Å². The average molecular weight is 534 g/mol. The van der Waals surface area contributed by atoms with E-state index in [0.717, 1.165) is 42.4 Å². The Balaban J connectivity index is 2.18. The highest BCUT2D eigenvalue weighted by Crippen LogP contribution is 2.24. The Morgan fingerprint density at radius 3 is 2.56 bits per heavy atom. The zero-order chi connectivity index (χ0) is 28.8. The van der Waals surface area contributed by atoms with Crippen LogP contribution in [0.25, 0.3) is 11.1 Å². The Kier molecular flexibility index (Phi) is 13.2. The minimum Gasteiger partial charge on any atom is -0.496 e. The topological polar surface area (TPSA) is 54.5 Å². The van der Waals surface area contributed by atoms with Gasteiger partial charge in [0.25, 0.3) is 5.91 Å². The molecule has 210 valence electrons. The van der Waals surface area contributed by atoms with Gasteiger partial charge in [0, 0.05) is 42.2 Å². The fourth-order valence-corrected chi connectivity index (χ4v) is 3.92. The first-order valence-corrected chi connectivity index (χ1v) is 13.8. The van der Waals surface area contributed by atoms with Crippen molar-refractivity contribution in [2.24, 2.45) is 5.92 Å². The zero-order valence-electron chi connectivity index (χ0n) is 24.4. The van der Waals surface area contributed by atoms with Gasteiger partial charge in [0.05, 0.1) is 7.11 Å². The van der Waals surface area contributed by atoms with Gasteiger partial charge in [-0.15, -0.1) is 0 Å². The predicted molar refractivity (Wildman–Crippen MR) is 161 cm³/mol. The third-order valence-corrected chi connectivity index (χ3v) is 6.66. The summed E-state index contributed by atoms with van der Waals surface area (Å²) in [6.45, 7) is 15.9. The van der Waals surface area contributed by atoms with Crippen molar-refractivity contribution in [2.75, 3.05) is 25.5 Å². The van der Waals surface area contributed by atoms with Crippen molar-refractivity contribution in [1.82, 2.24) is 9.88 Å². The Labute approximate surface area is 234 Å². The molecule has 1 atom stereocenters. The second kappa shape index (κ2) is 16.3. The van der Waals surface area contributed by atoms with Gasteiger partial charge < -0.3 is 15.0 Å². The van der Waals surface area contributed by atoms with E-state index in [1.807, 2.05) is 55.3 Å². The summed E-state index contributed by atoms with van der Waals surface area (Å²) >= 11 is 0. The lowest BCUT2D eigenvalue weighted by Gasteiger charge is -2.24. The number of hydrogen-bond acceptors (Lipinski definition) is 4. The van der Waals surface area contributed by atoms with Crippen LogP contribution in [-0.2, 0) is 4.74 Å². The van der Waals surface area contributed by atoms with Gasteiger partial charge in [0.2, 0.25) is 0 Å². The van der Waals surface area contributed by atoms with Crippen LogP contribution in [0, 0.1) is 11.7 Å². The molecule has 0 aliphatic carbocycles. The molecule has 0 spiro atoms. The molecule has 6 heteroatoms. The van der Waals surface area contributed by atoms with Crippen LogP contribution < -0.4 is 5.32 Å². The first-order chi connectivity index (χ1) is 18.7. The van der Waals surface area contributed by atoms with Crippen molar-refractivity contribution in [2.45, 2.75) is 60.3 Å². The second-order valence-electron chi connectivity index (χ2n) is 9.78. The lowest BCUT2D eigenvalue weighted by atomic mass is 10.0. The van der Waals surface area contributed by atoms with Crippen molar-refractivity contribution in [3.63, 3.8) is 0 Å². The Morgan fingerprint density at radius 2 is 1.95 bits per heavy atom. The molecule has 5 nitrogen and oxygen atoms in total. The molecule has 2 rings (SSSR count). The normalized spacial score (nSPS) is 12.9. The van der Waals surface area contributed by atoms with Crippen molar-refractivity contribution >= 4 is 11.7 Å². The van der Waals surface area contributed by atoms with E-state index in [1.165, 1.54) is 12.1 Å². The zero-order valence-corrected chi connectivity index (χ0v) is 24.4. The second-order valence-corrected chi connectivity index (χ2v) is 9.78. The number of anilines is 1. The van der Waals surface area contributed by atoms with Crippen LogP contribution in [0.5, 0.6) is 0 Å². The molecule has 1 N–H and O–H groups in total. The number of halogens is 1. The molecular formula is C33H44FN3O2. The predicted octanol–water partition coefficient (Wildman–Crippen LogP) is 8.54. The molecule has 0 fully saturated rings. The smallest absolute Gasteiger partial charge is 0.253 e. The monoisotopic (exact) mass is 533 g/mol. The number of carbonyl (C=O) groups is 1. The maximum Gasteiger partial charge on any atom is 0.253 e. The molecule has 0 radical (unpaired) electrons. The van der Waals surface area contributed by atoms with Crippen LogP contribution >= 0.6 is 0 Å². The summed E-state index contributed by atoms with van der Waals surface area (Å²) in [7, 11) is 1.62. The lowest BCUT2D eigenvalue weighted by Crippen LogP contribution is -2.33. The quantitative estimate of drug-likeness (QED) is 0.184. The molecule has 1 aromatic heterocycles. The van der Waals surface area contributed by atoms with Crippen LogP contribution in [0.4, 0.5) is 10.2 Å². The van der Waals surface area contributed by atoms with Gasteiger partial charge in [0.1, 0.15) is 17.4 Å². The van der Waals surface area contributed by atoms with Gasteiger partial charge in [-0.1, -0.05) is 52.8 Å². The molecule has 0 aliphatic rings. The highest BCUT2D eigenvalue weighted by atomic mass is 19.1. The number of methoxy groups -OCH3 is 1. The van der Waals surface area contributed by atoms with Gasteiger partial charge in [-0.3, -0.25) is 4.79 Å². The number of pyridine rings is 1. The minimum atomic E-state index is -0.440. The third kappa shape index (κ3) is 9.86. The molecule has 1 aromatic carbocycles.